The standard InChI is InChI=1S/C11H16N2O2/c1-8-3-6-15-10(8)11(14)13-5-4-12-7-9(13)2/h3,6,9,12H,4-5,7H2,1-2H3/t9-/m1/s1. The van der Waals surface area contributed by atoms with E-state index in [-0.39, 0.29) is 11.9 Å². The zero-order chi connectivity index (χ0) is 10.8. The molecule has 1 atom stereocenters. The van der Waals surface area contributed by atoms with Crippen molar-refractivity contribution in [3.05, 3.63) is 23.7 Å². The summed E-state index contributed by atoms with van der Waals surface area (Å²) in [4.78, 5) is 14.0. The van der Waals surface area contributed by atoms with Crippen molar-refractivity contribution in [1.82, 2.24) is 10.2 Å². The van der Waals surface area contributed by atoms with Gasteiger partial charge in [-0.2, -0.15) is 0 Å². The van der Waals surface area contributed by atoms with Crippen LogP contribution in [0.4, 0.5) is 0 Å². The summed E-state index contributed by atoms with van der Waals surface area (Å²) in [6, 6.07) is 2.05. The normalized spacial score (nSPS) is 21.7. The summed E-state index contributed by atoms with van der Waals surface area (Å²) in [6.07, 6.45) is 1.56. The van der Waals surface area contributed by atoms with Gasteiger partial charge in [-0.1, -0.05) is 0 Å². The van der Waals surface area contributed by atoms with Gasteiger partial charge in [0.25, 0.3) is 5.91 Å². The summed E-state index contributed by atoms with van der Waals surface area (Å²) in [6.45, 7) is 6.40. The SMILES string of the molecule is Cc1ccoc1C(=O)N1CCNC[C@H]1C. The maximum atomic E-state index is 12.1. The monoisotopic (exact) mass is 208 g/mol. The Hall–Kier alpha value is -1.29. The van der Waals surface area contributed by atoms with E-state index >= 15 is 0 Å². The van der Waals surface area contributed by atoms with Crippen LogP contribution in [-0.4, -0.2) is 36.5 Å². The molecule has 1 fully saturated rings. The van der Waals surface area contributed by atoms with Gasteiger partial charge < -0.3 is 14.6 Å². The molecule has 0 saturated carbocycles. The maximum Gasteiger partial charge on any atom is 0.290 e. The molecule has 1 aromatic rings. The van der Waals surface area contributed by atoms with Crippen LogP contribution in [0.1, 0.15) is 23.0 Å². The Morgan fingerprint density at radius 3 is 3.07 bits per heavy atom. The molecule has 0 aromatic carbocycles. The zero-order valence-corrected chi connectivity index (χ0v) is 9.12. The molecule has 1 N–H and O–H groups in total. The van der Waals surface area contributed by atoms with Crippen LogP contribution in [0.2, 0.25) is 0 Å². The molecule has 2 heterocycles. The van der Waals surface area contributed by atoms with Crippen LogP contribution >= 0.6 is 0 Å². The highest BCUT2D eigenvalue weighted by molar-refractivity contribution is 5.93. The van der Waals surface area contributed by atoms with Gasteiger partial charge in [-0.15, -0.1) is 0 Å². The molecule has 15 heavy (non-hydrogen) atoms. The lowest BCUT2D eigenvalue weighted by molar-refractivity contribution is 0.0622. The Balaban J connectivity index is 2.17. The number of carbonyl (C=O) groups excluding carboxylic acids is 1. The summed E-state index contributed by atoms with van der Waals surface area (Å²) >= 11 is 0. The third kappa shape index (κ3) is 1.90. The van der Waals surface area contributed by atoms with Crippen molar-refractivity contribution in [2.24, 2.45) is 0 Å². The van der Waals surface area contributed by atoms with E-state index in [1.165, 1.54) is 0 Å². The Bertz CT molecular complexity index is 359. The van der Waals surface area contributed by atoms with E-state index in [1.807, 2.05) is 24.8 Å². The molecule has 1 saturated heterocycles. The number of amides is 1. The van der Waals surface area contributed by atoms with Crippen LogP contribution in [-0.2, 0) is 0 Å². The first-order chi connectivity index (χ1) is 7.20. The second-order valence-electron chi connectivity index (χ2n) is 3.98. The highest BCUT2D eigenvalue weighted by Crippen LogP contribution is 2.14. The fraction of sp³-hybridized carbons (Fsp3) is 0.545. The van der Waals surface area contributed by atoms with Gasteiger partial charge in [0.1, 0.15) is 0 Å². The number of piperazine rings is 1. The van der Waals surface area contributed by atoms with Crippen molar-refractivity contribution in [1.29, 1.82) is 0 Å². The topological polar surface area (TPSA) is 45.5 Å². The third-order valence-electron chi connectivity index (χ3n) is 2.82. The Labute approximate surface area is 89.2 Å². The molecule has 0 bridgehead atoms. The van der Waals surface area contributed by atoms with Gasteiger partial charge in [0.15, 0.2) is 5.76 Å². The van der Waals surface area contributed by atoms with Gasteiger partial charge in [0, 0.05) is 31.2 Å². The second kappa shape index (κ2) is 4.06. The number of rotatable bonds is 1. The summed E-state index contributed by atoms with van der Waals surface area (Å²) < 4.78 is 5.22. The molecule has 0 spiro atoms. The zero-order valence-electron chi connectivity index (χ0n) is 9.12. The van der Waals surface area contributed by atoms with E-state index in [0.717, 1.165) is 25.2 Å². The quantitative estimate of drug-likeness (QED) is 0.749. The van der Waals surface area contributed by atoms with Gasteiger partial charge in [-0.3, -0.25) is 4.79 Å². The summed E-state index contributed by atoms with van der Waals surface area (Å²) in [5.41, 5.74) is 0.908. The van der Waals surface area contributed by atoms with Crippen molar-refractivity contribution < 1.29 is 9.21 Å². The van der Waals surface area contributed by atoms with Crippen molar-refractivity contribution in [3.63, 3.8) is 0 Å². The van der Waals surface area contributed by atoms with Crippen molar-refractivity contribution in [2.75, 3.05) is 19.6 Å². The molecule has 0 unspecified atom stereocenters. The summed E-state index contributed by atoms with van der Waals surface area (Å²) in [7, 11) is 0. The Morgan fingerprint density at radius 2 is 2.47 bits per heavy atom. The molecule has 0 radical (unpaired) electrons. The molecule has 1 amide bonds. The first-order valence-corrected chi connectivity index (χ1v) is 5.26. The van der Waals surface area contributed by atoms with E-state index in [4.69, 9.17) is 4.42 Å². The molecular weight excluding hydrogens is 192 g/mol. The van der Waals surface area contributed by atoms with Crippen molar-refractivity contribution in [3.8, 4) is 0 Å². The molecule has 0 aliphatic carbocycles. The van der Waals surface area contributed by atoms with E-state index in [2.05, 4.69) is 5.32 Å². The van der Waals surface area contributed by atoms with Crippen molar-refractivity contribution in [2.45, 2.75) is 19.9 Å². The van der Waals surface area contributed by atoms with Crippen LogP contribution in [0.25, 0.3) is 0 Å². The lowest BCUT2D eigenvalue weighted by Gasteiger charge is -2.33. The Morgan fingerprint density at radius 1 is 1.67 bits per heavy atom. The molecule has 4 nitrogen and oxygen atoms in total. The minimum absolute atomic E-state index is 0.00602. The van der Waals surface area contributed by atoms with Gasteiger partial charge >= 0.3 is 0 Å². The van der Waals surface area contributed by atoms with E-state index in [9.17, 15) is 4.79 Å². The van der Waals surface area contributed by atoms with E-state index < -0.39 is 0 Å². The lowest BCUT2D eigenvalue weighted by Crippen LogP contribution is -2.52. The average Bonchev–Trinajstić information content (AvgIpc) is 2.64. The largest absolute Gasteiger partial charge is 0.459 e. The highest BCUT2D eigenvalue weighted by Gasteiger charge is 2.26. The van der Waals surface area contributed by atoms with Crippen LogP contribution in [0.3, 0.4) is 0 Å². The van der Waals surface area contributed by atoms with Crippen LogP contribution in [0.5, 0.6) is 0 Å². The van der Waals surface area contributed by atoms with Crippen molar-refractivity contribution >= 4 is 5.91 Å². The maximum absolute atomic E-state index is 12.1. The minimum Gasteiger partial charge on any atom is -0.459 e. The van der Waals surface area contributed by atoms with Gasteiger partial charge in [-0.05, 0) is 19.9 Å². The van der Waals surface area contributed by atoms with Crippen LogP contribution in [0.15, 0.2) is 16.7 Å². The molecular formula is C11H16N2O2. The van der Waals surface area contributed by atoms with Gasteiger partial charge in [0.05, 0.1) is 6.26 Å². The summed E-state index contributed by atoms with van der Waals surface area (Å²) in [5.74, 6) is 0.482. The number of hydrogen-bond donors (Lipinski definition) is 1. The third-order valence-corrected chi connectivity index (χ3v) is 2.82. The number of furan rings is 1. The number of carbonyl (C=O) groups is 1. The molecule has 1 aliphatic heterocycles. The van der Waals surface area contributed by atoms with Crippen LogP contribution in [0, 0.1) is 6.92 Å². The number of nitrogens with zero attached hydrogens (tertiary/aromatic N) is 1. The summed E-state index contributed by atoms with van der Waals surface area (Å²) in [5, 5.41) is 3.25. The van der Waals surface area contributed by atoms with Gasteiger partial charge in [-0.25, -0.2) is 0 Å². The number of aryl methyl sites for hydroxylation is 1. The molecule has 2 rings (SSSR count). The smallest absolute Gasteiger partial charge is 0.290 e. The molecule has 1 aromatic heterocycles. The lowest BCUT2D eigenvalue weighted by atomic mass is 10.2. The molecule has 1 aliphatic rings. The molecule has 82 valence electrons. The van der Waals surface area contributed by atoms with Crippen LogP contribution < -0.4 is 5.32 Å². The second-order valence-corrected chi connectivity index (χ2v) is 3.98. The average molecular weight is 208 g/mol. The predicted octanol–water partition coefficient (Wildman–Crippen LogP) is 1.02. The van der Waals surface area contributed by atoms with Gasteiger partial charge in [0.2, 0.25) is 0 Å². The number of nitrogens with one attached hydrogen (secondary N) is 1. The fourth-order valence-corrected chi connectivity index (χ4v) is 1.87. The fourth-order valence-electron chi connectivity index (χ4n) is 1.87. The van der Waals surface area contributed by atoms with E-state index in [1.54, 1.807) is 6.26 Å². The predicted molar refractivity (Wildman–Crippen MR) is 56.8 cm³/mol. The Kier molecular flexibility index (Phi) is 2.77. The number of hydrogen-bond acceptors (Lipinski definition) is 3. The minimum atomic E-state index is 0.00602. The first kappa shape index (κ1) is 10.2. The molecule has 4 heteroatoms. The first-order valence-electron chi connectivity index (χ1n) is 5.26. The highest BCUT2D eigenvalue weighted by atomic mass is 16.3. The van der Waals surface area contributed by atoms with E-state index in [0.29, 0.717) is 5.76 Å².